The van der Waals surface area contributed by atoms with E-state index in [9.17, 15) is 4.79 Å². The number of anilines is 1. The maximum atomic E-state index is 11.9. The van der Waals surface area contributed by atoms with Crippen molar-refractivity contribution in [3.05, 3.63) is 38.7 Å². The normalized spacial score (nSPS) is 10.9. The van der Waals surface area contributed by atoms with Crippen LogP contribution in [0.3, 0.4) is 0 Å². The van der Waals surface area contributed by atoms with Crippen LogP contribution in [0.25, 0.3) is 10.8 Å². The molecule has 0 spiro atoms. The van der Waals surface area contributed by atoms with Crippen LogP contribution in [0.5, 0.6) is 0 Å². The van der Waals surface area contributed by atoms with Crippen molar-refractivity contribution in [2.24, 2.45) is 7.05 Å². The Morgan fingerprint density at radius 2 is 1.93 bits per heavy atom. The number of nitrogens with zero attached hydrogens (tertiary/aromatic N) is 1. The van der Waals surface area contributed by atoms with Gasteiger partial charge in [-0.25, -0.2) is 0 Å². The smallest absolute Gasteiger partial charge is 0.258 e. The Bertz CT molecular complexity index is 602. The van der Waals surface area contributed by atoms with Gasteiger partial charge in [-0.3, -0.25) is 4.79 Å². The van der Waals surface area contributed by atoms with Gasteiger partial charge >= 0.3 is 0 Å². The highest BCUT2D eigenvalue weighted by Crippen LogP contribution is 2.25. The molecule has 78 valence electrons. The molecular formula is C11H11BrN2O. The van der Waals surface area contributed by atoms with Crippen molar-refractivity contribution in [3.63, 3.8) is 0 Å². The predicted octanol–water partition coefficient (Wildman–Crippen LogP) is 2.19. The summed E-state index contributed by atoms with van der Waals surface area (Å²) in [6.07, 6.45) is 0. The first-order valence-electron chi connectivity index (χ1n) is 4.56. The minimum Gasteiger partial charge on any atom is -0.399 e. The fourth-order valence-corrected chi connectivity index (χ4v) is 2.20. The van der Waals surface area contributed by atoms with Crippen LogP contribution in [0.15, 0.2) is 27.5 Å². The van der Waals surface area contributed by atoms with Gasteiger partial charge in [-0.05, 0) is 25.1 Å². The second-order valence-corrected chi connectivity index (χ2v) is 4.47. The monoisotopic (exact) mass is 266 g/mol. The summed E-state index contributed by atoms with van der Waals surface area (Å²) >= 11 is 3.41. The molecule has 0 aliphatic rings. The Hall–Kier alpha value is -1.29. The summed E-state index contributed by atoms with van der Waals surface area (Å²) in [7, 11) is 1.76. The molecule has 0 amide bonds. The molecule has 0 fully saturated rings. The van der Waals surface area contributed by atoms with Gasteiger partial charge in [0, 0.05) is 28.3 Å². The van der Waals surface area contributed by atoms with E-state index in [1.165, 1.54) is 0 Å². The van der Waals surface area contributed by atoms with E-state index in [-0.39, 0.29) is 5.56 Å². The van der Waals surface area contributed by atoms with Crippen LogP contribution >= 0.6 is 15.9 Å². The summed E-state index contributed by atoms with van der Waals surface area (Å²) in [6, 6.07) is 5.49. The van der Waals surface area contributed by atoms with Crippen LogP contribution < -0.4 is 11.3 Å². The summed E-state index contributed by atoms with van der Waals surface area (Å²) in [5.41, 5.74) is 7.21. The molecule has 1 heterocycles. The zero-order valence-corrected chi connectivity index (χ0v) is 10.1. The summed E-state index contributed by atoms with van der Waals surface area (Å²) in [5.74, 6) is 0. The van der Waals surface area contributed by atoms with E-state index in [4.69, 9.17) is 5.73 Å². The van der Waals surface area contributed by atoms with Crippen LogP contribution in [-0.4, -0.2) is 4.57 Å². The molecule has 1 aromatic heterocycles. The van der Waals surface area contributed by atoms with E-state index >= 15 is 0 Å². The minimum atomic E-state index is -0.0157. The van der Waals surface area contributed by atoms with E-state index < -0.39 is 0 Å². The van der Waals surface area contributed by atoms with Crippen LogP contribution in [-0.2, 0) is 7.05 Å². The van der Waals surface area contributed by atoms with Crippen molar-refractivity contribution in [1.82, 2.24) is 4.57 Å². The second kappa shape index (κ2) is 3.38. The number of fused-ring (bicyclic) bond motifs is 1. The van der Waals surface area contributed by atoms with Gasteiger partial charge < -0.3 is 10.3 Å². The number of aromatic nitrogens is 1. The van der Waals surface area contributed by atoms with Crippen molar-refractivity contribution in [1.29, 1.82) is 0 Å². The Morgan fingerprint density at radius 3 is 2.60 bits per heavy atom. The number of benzene rings is 1. The molecule has 2 N–H and O–H groups in total. The number of hydrogen-bond acceptors (Lipinski definition) is 2. The van der Waals surface area contributed by atoms with E-state index in [1.54, 1.807) is 23.7 Å². The average Bonchev–Trinajstić information content (AvgIpc) is 2.17. The molecule has 0 atom stereocenters. The predicted molar refractivity (Wildman–Crippen MR) is 66.0 cm³/mol. The highest BCUT2D eigenvalue weighted by molar-refractivity contribution is 9.10. The molecule has 0 bridgehead atoms. The molecule has 2 rings (SSSR count). The molecule has 0 unspecified atom stereocenters. The topological polar surface area (TPSA) is 48.0 Å². The first-order valence-corrected chi connectivity index (χ1v) is 5.35. The number of nitrogens with two attached hydrogens (primary N) is 1. The first kappa shape index (κ1) is 10.2. The van der Waals surface area contributed by atoms with E-state index in [0.717, 1.165) is 15.6 Å². The minimum absolute atomic E-state index is 0.0157. The van der Waals surface area contributed by atoms with Crippen molar-refractivity contribution in [2.45, 2.75) is 6.92 Å². The third-order valence-electron chi connectivity index (χ3n) is 2.57. The number of aryl methyl sites for hydroxylation is 1. The van der Waals surface area contributed by atoms with Crippen LogP contribution in [0.2, 0.25) is 0 Å². The van der Waals surface area contributed by atoms with Gasteiger partial charge in [0.2, 0.25) is 0 Å². The van der Waals surface area contributed by atoms with E-state index in [1.807, 2.05) is 13.0 Å². The molecule has 1 aromatic carbocycles. The van der Waals surface area contributed by atoms with Crippen molar-refractivity contribution in [3.8, 4) is 0 Å². The van der Waals surface area contributed by atoms with Gasteiger partial charge in [0.05, 0.1) is 5.39 Å². The van der Waals surface area contributed by atoms with Crippen molar-refractivity contribution in [2.75, 3.05) is 5.73 Å². The molecule has 2 aromatic rings. The third-order valence-corrected chi connectivity index (χ3v) is 3.23. The third kappa shape index (κ3) is 1.55. The molecule has 3 nitrogen and oxygen atoms in total. The fraction of sp³-hybridized carbons (Fsp3) is 0.182. The summed E-state index contributed by atoms with van der Waals surface area (Å²) < 4.78 is 2.48. The van der Waals surface area contributed by atoms with Crippen molar-refractivity contribution < 1.29 is 0 Å². The molecular weight excluding hydrogens is 256 g/mol. The second-order valence-electron chi connectivity index (χ2n) is 3.61. The zero-order valence-electron chi connectivity index (χ0n) is 8.54. The Morgan fingerprint density at radius 1 is 1.27 bits per heavy atom. The number of halogens is 1. The van der Waals surface area contributed by atoms with Crippen LogP contribution in [0, 0.1) is 6.92 Å². The van der Waals surface area contributed by atoms with Gasteiger partial charge in [-0.15, -0.1) is 0 Å². The standard InChI is InChI=1S/C11H11BrN2O/c1-6-3-8-9(11(15)14(6)2)4-7(13)5-10(8)12/h3-5H,13H2,1-2H3. The number of pyridine rings is 1. The highest BCUT2D eigenvalue weighted by atomic mass is 79.9. The van der Waals surface area contributed by atoms with Gasteiger partial charge in [0.15, 0.2) is 0 Å². The lowest BCUT2D eigenvalue weighted by atomic mass is 10.1. The van der Waals surface area contributed by atoms with E-state index in [2.05, 4.69) is 15.9 Å². The quantitative estimate of drug-likeness (QED) is 0.744. The lowest BCUT2D eigenvalue weighted by Gasteiger charge is -2.08. The molecule has 0 aliphatic carbocycles. The van der Waals surface area contributed by atoms with Gasteiger partial charge in [0.1, 0.15) is 0 Å². The Balaban J connectivity index is 3.06. The van der Waals surface area contributed by atoms with Crippen molar-refractivity contribution >= 4 is 32.4 Å². The van der Waals surface area contributed by atoms with Crippen LogP contribution in [0.4, 0.5) is 5.69 Å². The maximum Gasteiger partial charge on any atom is 0.258 e. The molecule has 4 heteroatoms. The highest BCUT2D eigenvalue weighted by Gasteiger charge is 2.07. The fourth-order valence-electron chi connectivity index (χ4n) is 1.61. The van der Waals surface area contributed by atoms with Gasteiger partial charge in [0.25, 0.3) is 5.56 Å². The lowest BCUT2D eigenvalue weighted by molar-refractivity contribution is 0.830. The average molecular weight is 267 g/mol. The molecule has 0 saturated carbocycles. The molecule has 0 radical (unpaired) electrons. The Kier molecular flexibility index (Phi) is 2.31. The molecule has 15 heavy (non-hydrogen) atoms. The Labute approximate surface area is 95.6 Å². The van der Waals surface area contributed by atoms with Gasteiger partial charge in [-0.1, -0.05) is 15.9 Å². The van der Waals surface area contributed by atoms with E-state index in [0.29, 0.717) is 11.1 Å². The molecule has 0 aliphatic heterocycles. The number of hydrogen-bond donors (Lipinski definition) is 1. The first-order chi connectivity index (χ1) is 7.00. The molecule has 0 saturated heterocycles. The summed E-state index contributed by atoms with van der Waals surface area (Å²) in [6.45, 7) is 1.91. The SMILES string of the molecule is Cc1cc2c(Br)cc(N)cc2c(=O)n1C. The zero-order chi connectivity index (χ0) is 11.2. The maximum absolute atomic E-state index is 11.9. The number of rotatable bonds is 0. The van der Waals surface area contributed by atoms with Crippen LogP contribution in [0.1, 0.15) is 5.69 Å². The largest absolute Gasteiger partial charge is 0.399 e. The van der Waals surface area contributed by atoms with Gasteiger partial charge in [-0.2, -0.15) is 0 Å². The number of nitrogen functional groups attached to an aromatic ring is 1. The summed E-state index contributed by atoms with van der Waals surface area (Å²) in [4.78, 5) is 11.9. The lowest BCUT2D eigenvalue weighted by Crippen LogP contribution is -2.18. The summed E-state index contributed by atoms with van der Waals surface area (Å²) in [5, 5.41) is 1.56.